The van der Waals surface area contributed by atoms with E-state index in [-0.39, 0.29) is 6.15 Å². The van der Waals surface area contributed by atoms with Crippen LogP contribution >= 0.6 is 0 Å². The van der Waals surface area contributed by atoms with E-state index in [1.165, 1.54) is 5.56 Å². The van der Waals surface area contributed by atoms with Crippen molar-refractivity contribution in [1.82, 2.24) is 6.15 Å². The number of carbonyl (C=O) groups is 2. The first-order valence-corrected chi connectivity index (χ1v) is 4.33. The van der Waals surface area contributed by atoms with E-state index in [0.717, 1.165) is 12.2 Å². The van der Waals surface area contributed by atoms with Gasteiger partial charge in [0.1, 0.15) is 0 Å². The van der Waals surface area contributed by atoms with E-state index < -0.39 is 11.9 Å². The molecule has 1 aliphatic heterocycles. The Bertz CT molecular complexity index is 380. The molecule has 0 bridgehead atoms. The summed E-state index contributed by atoms with van der Waals surface area (Å²) in [6.07, 6.45) is 4.00. The van der Waals surface area contributed by atoms with E-state index in [2.05, 4.69) is 11.3 Å². The van der Waals surface area contributed by atoms with E-state index in [1.54, 1.807) is 0 Å². The second kappa shape index (κ2) is 7.14. The minimum atomic E-state index is -0.579. The van der Waals surface area contributed by atoms with Crippen LogP contribution in [0.2, 0.25) is 0 Å². The van der Waals surface area contributed by atoms with Crippen LogP contribution in [0, 0.1) is 0 Å². The molecule has 1 aromatic rings. The quantitative estimate of drug-likeness (QED) is 0.579. The highest BCUT2D eigenvalue weighted by Gasteiger charge is 2.10. The molecule has 84 valence electrons. The molecule has 0 amide bonds. The summed E-state index contributed by atoms with van der Waals surface area (Å²) in [6.45, 7) is 3.63. The average molecular weight is 219 g/mol. The summed E-state index contributed by atoms with van der Waals surface area (Å²) in [6, 6.07) is 10.0. The zero-order chi connectivity index (χ0) is 11.1. The van der Waals surface area contributed by atoms with E-state index >= 15 is 0 Å². The monoisotopic (exact) mass is 219 g/mol. The Morgan fingerprint density at radius 3 is 1.75 bits per heavy atom. The summed E-state index contributed by atoms with van der Waals surface area (Å²) in [5.41, 5.74) is 1.17. The van der Waals surface area contributed by atoms with Gasteiger partial charge in [-0.25, -0.2) is 9.59 Å². The van der Waals surface area contributed by atoms with Gasteiger partial charge in [0.2, 0.25) is 0 Å². The van der Waals surface area contributed by atoms with Crippen molar-refractivity contribution in [3.05, 3.63) is 54.6 Å². The van der Waals surface area contributed by atoms with Gasteiger partial charge in [0.25, 0.3) is 0 Å². The van der Waals surface area contributed by atoms with Gasteiger partial charge in [0, 0.05) is 12.2 Å². The molecule has 4 nitrogen and oxygen atoms in total. The third-order valence-corrected chi connectivity index (χ3v) is 1.59. The molecule has 1 heterocycles. The molecule has 16 heavy (non-hydrogen) atoms. The van der Waals surface area contributed by atoms with Crippen molar-refractivity contribution in [1.29, 1.82) is 0 Å². The zero-order valence-corrected chi connectivity index (χ0v) is 8.76. The van der Waals surface area contributed by atoms with Gasteiger partial charge in [-0.05, 0) is 5.56 Å². The van der Waals surface area contributed by atoms with Gasteiger partial charge in [-0.2, -0.15) is 0 Å². The van der Waals surface area contributed by atoms with E-state index in [1.807, 2.05) is 36.4 Å². The lowest BCUT2D eigenvalue weighted by Gasteiger charge is -1.85. The Kier molecular flexibility index (Phi) is 6.16. The van der Waals surface area contributed by atoms with Gasteiger partial charge >= 0.3 is 11.9 Å². The Hall–Kier alpha value is -2.20. The van der Waals surface area contributed by atoms with Crippen molar-refractivity contribution in [2.24, 2.45) is 0 Å². The minimum absolute atomic E-state index is 0. The lowest BCUT2D eigenvalue weighted by Crippen LogP contribution is -1.96. The Morgan fingerprint density at radius 1 is 1.00 bits per heavy atom. The van der Waals surface area contributed by atoms with Crippen LogP contribution in [0.1, 0.15) is 5.56 Å². The summed E-state index contributed by atoms with van der Waals surface area (Å²) in [7, 11) is 0. The Labute approximate surface area is 93.8 Å². The first-order chi connectivity index (χ1) is 7.22. The Morgan fingerprint density at radius 2 is 1.50 bits per heavy atom. The van der Waals surface area contributed by atoms with Crippen LogP contribution in [-0.2, 0) is 14.3 Å². The Balaban J connectivity index is 0.000000267. The van der Waals surface area contributed by atoms with Crippen LogP contribution in [0.3, 0.4) is 0 Å². The van der Waals surface area contributed by atoms with E-state index in [4.69, 9.17) is 0 Å². The number of cyclic esters (lactones) is 2. The molecule has 0 aliphatic carbocycles. The maximum absolute atomic E-state index is 9.92. The molecule has 3 N–H and O–H groups in total. The third kappa shape index (κ3) is 4.88. The molecule has 0 radical (unpaired) electrons. The van der Waals surface area contributed by atoms with Gasteiger partial charge in [-0.1, -0.05) is 43.0 Å². The van der Waals surface area contributed by atoms with Gasteiger partial charge in [-0.3, -0.25) is 0 Å². The molecule has 4 heteroatoms. The lowest BCUT2D eigenvalue weighted by atomic mass is 10.2. The number of esters is 2. The van der Waals surface area contributed by atoms with Crippen molar-refractivity contribution < 1.29 is 14.3 Å². The van der Waals surface area contributed by atoms with Crippen LogP contribution in [0.15, 0.2) is 49.1 Å². The molecule has 1 aromatic carbocycles. The molecule has 2 rings (SSSR count). The summed E-state index contributed by atoms with van der Waals surface area (Å²) >= 11 is 0. The number of carbonyl (C=O) groups excluding carboxylic acids is 2. The van der Waals surface area contributed by atoms with Crippen LogP contribution < -0.4 is 6.15 Å². The predicted molar refractivity (Wildman–Crippen MR) is 61.8 cm³/mol. The highest BCUT2D eigenvalue weighted by atomic mass is 16.6. The molecule has 0 atom stereocenters. The van der Waals surface area contributed by atoms with Crippen LogP contribution in [-0.4, -0.2) is 11.9 Å². The van der Waals surface area contributed by atoms with Crippen molar-refractivity contribution in [2.75, 3.05) is 0 Å². The van der Waals surface area contributed by atoms with Crippen molar-refractivity contribution >= 4 is 18.0 Å². The first-order valence-electron chi connectivity index (χ1n) is 4.33. The third-order valence-electron chi connectivity index (χ3n) is 1.59. The van der Waals surface area contributed by atoms with Gasteiger partial charge in [0.15, 0.2) is 0 Å². The predicted octanol–water partition coefficient (Wildman–Crippen LogP) is 2.12. The molecule has 0 saturated carbocycles. The minimum Gasteiger partial charge on any atom is -0.387 e. The van der Waals surface area contributed by atoms with Crippen molar-refractivity contribution in [3.8, 4) is 0 Å². The second-order valence-electron chi connectivity index (χ2n) is 2.69. The molecule has 0 spiro atoms. The average Bonchev–Trinajstić information content (AvgIpc) is 2.65. The van der Waals surface area contributed by atoms with Gasteiger partial charge in [-0.15, -0.1) is 0 Å². The fraction of sp³-hybridized carbons (Fsp3) is 0. The molecule has 0 fully saturated rings. The second-order valence-corrected chi connectivity index (χ2v) is 2.69. The van der Waals surface area contributed by atoms with Gasteiger partial charge in [0.05, 0.1) is 0 Å². The van der Waals surface area contributed by atoms with Crippen LogP contribution in [0.5, 0.6) is 0 Å². The first kappa shape index (κ1) is 13.8. The van der Waals surface area contributed by atoms with Crippen molar-refractivity contribution in [3.63, 3.8) is 0 Å². The normalized spacial score (nSPS) is 12.0. The maximum atomic E-state index is 9.92. The SMILES string of the molecule is C=Cc1ccccc1.N.O=C1C=CC(=O)O1. The molecular weight excluding hydrogens is 206 g/mol. The summed E-state index contributed by atoms with van der Waals surface area (Å²) in [5, 5.41) is 0. The van der Waals surface area contributed by atoms with Crippen LogP contribution in [0.4, 0.5) is 0 Å². The maximum Gasteiger partial charge on any atom is 0.338 e. The summed E-state index contributed by atoms with van der Waals surface area (Å²) in [4.78, 5) is 19.8. The number of ether oxygens (including phenoxy) is 1. The molecule has 1 aliphatic rings. The standard InChI is InChI=1S/C8H8.C4H2O3.H3N/c1-2-8-6-4-3-5-7-8;5-3-1-2-4(6)7-3;/h2-7H,1H2;1-2H;1H3. The highest BCUT2D eigenvalue weighted by Crippen LogP contribution is 1.97. The molecular formula is C12H13NO3. The highest BCUT2D eigenvalue weighted by molar-refractivity contribution is 6.04. The van der Waals surface area contributed by atoms with Crippen molar-refractivity contribution in [2.45, 2.75) is 0 Å². The smallest absolute Gasteiger partial charge is 0.338 e. The summed E-state index contributed by atoms with van der Waals surface area (Å²) in [5.74, 6) is -1.16. The van der Waals surface area contributed by atoms with Gasteiger partial charge < -0.3 is 10.9 Å². The van der Waals surface area contributed by atoms with E-state index in [9.17, 15) is 9.59 Å². The molecule has 0 saturated heterocycles. The fourth-order valence-corrected chi connectivity index (χ4v) is 0.892. The number of hydrogen-bond acceptors (Lipinski definition) is 4. The summed E-state index contributed by atoms with van der Waals surface area (Å²) < 4.78 is 3.97. The fourth-order valence-electron chi connectivity index (χ4n) is 0.892. The number of rotatable bonds is 1. The van der Waals surface area contributed by atoms with Crippen LogP contribution in [0.25, 0.3) is 6.08 Å². The molecule has 0 unspecified atom stereocenters. The molecule has 0 aromatic heterocycles. The largest absolute Gasteiger partial charge is 0.387 e. The lowest BCUT2D eigenvalue weighted by molar-refractivity contribution is -0.150. The zero-order valence-electron chi connectivity index (χ0n) is 8.76. The number of hydrogen-bond donors (Lipinski definition) is 1. The number of benzene rings is 1. The van der Waals surface area contributed by atoms with E-state index in [0.29, 0.717) is 0 Å². The topological polar surface area (TPSA) is 78.4 Å².